The van der Waals surface area contributed by atoms with Crippen LogP contribution in [-0.2, 0) is 17.7 Å². The van der Waals surface area contributed by atoms with Gasteiger partial charge in [0, 0.05) is 18.7 Å². The van der Waals surface area contributed by atoms with Gasteiger partial charge in [-0.2, -0.15) is 0 Å². The normalized spacial score (nSPS) is 15.1. The van der Waals surface area contributed by atoms with Crippen LogP contribution in [0.15, 0.2) is 18.2 Å². The van der Waals surface area contributed by atoms with E-state index in [4.69, 9.17) is 10.5 Å². The van der Waals surface area contributed by atoms with Crippen molar-refractivity contribution in [2.45, 2.75) is 45.8 Å². The Bertz CT molecular complexity index is 561. The summed E-state index contributed by atoms with van der Waals surface area (Å²) in [4.78, 5) is 25.2. The maximum Gasteiger partial charge on any atom is 0.410 e. The van der Waals surface area contributed by atoms with Gasteiger partial charge >= 0.3 is 6.09 Å². The van der Waals surface area contributed by atoms with Crippen LogP contribution in [0.2, 0.25) is 0 Å². The summed E-state index contributed by atoms with van der Waals surface area (Å²) >= 11 is 0. The Morgan fingerprint density at radius 3 is 2.57 bits per heavy atom. The van der Waals surface area contributed by atoms with Crippen LogP contribution < -0.4 is 5.73 Å². The molecule has 0 aromatic heterocycles. The summed E-state index contributed by atoms with van der Waals surface area (Å²) in [5.41, 5.74) is 7.40. The fourth-order valence-corrected chi connectivity index (χ4v) is 2.40. The van der Waals surface area contributed by atoms with Crippen molar-refractivity contribution in [1.82, 2.24) is 4.90 Å². The van der Waals surface area contributed by atoms with Crippen molar-refractivity contribution in [3.05, 3.63) is 34.9 Å². The van der Waals surface area contributed by atoms with Crippen LogP contribution >= 0.6 is 0 Å². The van der Waals surface area contributed by atoms with Crippen molar-refractivity contribution >= 4 is 12.0 Å². The molecule has 0 radical (unpaired) electrons. The van der Waals surface area contributed by atoms with Crippen molar-refractivity contribution in [3.8, 4) is 0 Å². The summed E-state index contributed by atoms with van der Waals surface area (Å²) in [7, 11) is 0. The van der Waals surface area contributed by atoms with Crippen molar-refractivity contribution in [1.29, 1.82) is 0 Å². The van der Waals surface area contributed by atoms with Gasteiger partial charge in [-0.3, -0.25) is 4.79 Å². The molecule has 0 spiro atoms. The number of nitrogens with two attached hydrogens (primary N) is 1. The van der Waals surface area contributed by atoms with E-state index in [1.54, 1.807) is 17.0 Å². The third kappa shape index (κ3) is 3.97. The van der Waals surface area contributed by atoms with E-state index in [0.29, 0.717) is 18.7 Å². The van der Waals surface area contributed by atoms with Crippen LogP contribution in [0.25, 0.3) is 0 Å². The van der Waals surface area contributed by atoms with Crippen LogP contribution in [0.4, 0.5) is 4.79 Å². The zero-order chi connectivity index (χ0) is 15.6. The number of carbonyl (C=O) groups is 2. The number of fused-ring (bicyclic) bond motifs is 1. The second-order valence-electron chi connectivity index (χ2n) is 6.35. The summed E-state index contributed by atoms with van der Waals surface area (Å²) < 4.78 is 5.42. The predicted molar refractivity (Wildman–Crippen MR) is 79.9 cm³/mol. The molecule has 2 rings (SSSR count). The lowest BCUT2D eigenvalue weighted by Crippen LogP contribution is -2.36. The molecule has 1 aliphatic rings. The first kappa shape index (κ1) is 15.4. The number of hydrogen-bond acceptors (Lipinski definition) is 3. The molecule has 0 aliphatic carbocycles. The van der Waals surface area contributed by atoms with Gasteiger partial charge in [0.2, 0.25) is 5.91 Å². The van der Waals surface area contributed by atoms with Gasteiger partial charge in [-0.15, -0.1) is 0 Å². The third-order valence-electron chi connectivity index (χ3n) is 3.38. The highest BCUT2D eigenvalue weighted by molar-refractivity contribution is 5.93. The molecule has 0 atom stereocenters. The smallest absolute Gasteiger partial charge is 0.410 e. The van der Waals surface area contributed by atoms with Crippen LogP contribution in [0, 0.1) is 0 Å². The third-order valence-corrected chi connectivity index (χ3v) is 3.38. The molecular formula is C16H22N2O3. The molecule has 5 nitrogen and oxygen atoms in total. The van der Waals surface area contributed by atoms with E-state index in [0.717, 1.165) is 24.0 Å². The Kier molecular flexibility index (Phi) is 4.21. The highest BCUT2D eigenvalue weighted by atomic mass is 16.6. The zero-order valence-electron chi connectivity index (χ0n) is 12.8. The summed E-state index contributed by atoms with van der Waals surface area (Å²) in [5, 5.41) is 0. The molecule has 0 bridgehead atoms. The molecule has 0 saturated carbocycles. The Balaban J connectivity index is 2.21. The molecule has 0 saturated heterocycles. The molecule has 1 aromatic rings. The van der Waals surface area contributed by atoms with E-state index in [-0.39, 0.29) is 6.09 Å². The predicted octanol–water partition coefficient (Wildman–Crippen LogP) is 2.47. The average molecular weight is 290 g/mol. The molecule has 114 valence electrons. The zero-order valence-corrected chi connectivity index (χ0v) is 12.8. The quantitative estimate of drug-likeness (QED) is 0.863. The molecule has 1 aliphatic heterocycles. The topological polar surface area (TPSA) is 72.6 Å². The first-order chi connectivity index (χ1) is 9.76. The second kappa shape index (κ2) is 5.76. The van der Waals surface area contributed by atoms with E-state index in [1.165, 1.54) is 0 Å². The molecule has 21 heavy (non-hydrogen) atoms. The largest absolute Gasteiger partial charge is 0.444 e. The van der Waals surface area contributed by atoms with Gasteiger partial charge in [0.1, 0.15) is 5.60 Å². The number of primary amides is 1. The maximum atomic E-state index is 12.2. The van der Waals surface area contributed by atoms with Gasteiger partial charge in [-0.05, 0) is 56.9 Å². The SMILES string of the molecule is CC(C)(C)OC(=O)N1CCCc2ccc(C(N)=O)cc2C1. The fraction of sp³-hybridized carbons (Fsp3) is 0.500. The van der Waals surface area contributed by atoms with Crippen LogP contribution in [0.5, 0.6) is 0 Å². The molecule has 0 fully saturated rings. The number of benzene rings is 1. The Morgan fingerprint density at radius 2 is 1.95 bits per heavy atom. The van der Waals surface area contributed by atoms with Crippen molar-refractivity contribution < 1.29 is 14.3 Å². The fourth-order valence-electron chi connectivity index (χ4n) is 2.40. The monoisotopic (exact) mass is 290 g/mol. The number of nitrogens with zero attached hydrogens (tertiary/aromatic N) is 1. The molecule has 1 heterocycles. The molecule has 5 heteroatoms. The summed E-state index contributed by atoms with van der Waals surface area (Å²) in [5.74, 6) is -0.453. The van der Waals surface area contributed by atoms with Gasteiger partial charge in [0.25, 0.3) is 0 Å². The number of ether oxygens (including phenoxy) is 1. The lowest BCUT2D eigenvalue weighted by molar-refractivity contribution is 0.0237. The second-order valence-corrected chi connectivity index (χ2v) is 6.35. The number of rotatable bonds is 1. The lowest BCUT2D eigenvalue weighted by Gasteiger charge is -2.26. The first-order valence-corrected chi connectivity index (χ1v) is 7.16. The van der Waals surface area contributed by atoms with E-state index in [2.05, 4.69) is 0 Å². The maximum absolute atomic E-state index is 12.2. The van der Waals surface area contributed by atoms with E-state index < -0.39 is 11.5 Å². The standard InChI is InChI=1S/C16H22N2O3/c1-16(2,3)21-15(20)18-8-4-5-11-6-7-12(14(17)19)9-13(11)10-18/h6-7,9H,4-5,8,10H2,1-3H3,(H2,17,19). The minimum Gasteiger partial charge on any atom is -0.444 e. The number of carbonyl (C=O) groups excluding carboxylic acids is 2. The number of aryl methyl sites for hydroxylation is 1. The Hall–Kier alpha value is -2.04. The van der Waals surface area contributed by atoms with Crippen LogP contribution in [0.1, 0.15) is 48.7 Å². The Labute approximate surface area is 125 Å². The van der Waals surface area contributed by atoms with Crippen molar-refractivity contribution in [3.63, 3.8) is 0 Å². The average Bonchev–Trinajstić information content (AvgIpc) is 2.57. The highest BCUT2D eigenvalue weighted by Crippen LogP contribution is 2.22. The van der Waals surface area contributed by atoms with Crippen molar-refractivity contribution in [2.24, 2.45) is 5.73 Å². The molecule has 2 N–H and O–H groups in total. The summed E-state index contributed by atoms with van der Waals surface area (Å²) in [6.07, 6.45) is 1.44. The van der Waals surface area contributed by atoms with Crippen LogP contribution in [-0.4, -0.2) is 29.0 Å². The number of amides is 2. The highest BCUT2D eigenvalue weighted by Gasteiger charge is 2.24. The summed E-state index contributed by atoms with van der Waals surface area (Å²) in [6.45, 7) is 6.65. The van der Waals surface area contributed by atoms with Crippen molar-refractivity contribution in [2.75, 3.05) is 6.54 Å². The number of hydrogen-bond donors (Lipinski definition) is 1. The summed E-state index contributed by atoms with van der Waals surface area (Å²) in [6, 6.07) is 5.44. The molecule has 2 amide bonds. The first-order valence-electron chi connectivity index (χ1n) is 7.16. The molecule has 1 aromatic carbocycles. The minimum absolute atomic E-state index is 0.320. The van der Waals surface area contributed by atoms with E-state index in [1.807, 2.05) is 26.8 Å². The van der Waals surface area contributed by atoms with Crippen LogP contribution in [0.3, 0.4) is 0 Å². The van der Waals surface area contributed by atoms with E-state index >= 15 is 0 Å². The molecular weight excluding hydrogens is 268 g/mol. The van der Waals surface area contributed by atoms with E-state index in [9.17, 15) is 9.59 Å². The lowest BCUT2D eigenvalue weighted by atomic mass is 10.0. The van der Waals surface area contributed by atoms with Gasteiger partial charge in [-0.25, -0.2) is 4.79 Å². The van der Waals surface area contributed by atoms with Gasteiger partial charge in [0.15, 0.2) is 0 Å². The molecule has 0 unspecified atom stereocenters. The van der Waals surface area contributed by atoms with Gasteiger partial charge < -0.3 is 15.4 Å². The van der Waals surface area contributed by atoms with Gasteiger partial charge in [-0.1, -0.05) is 6.07 Å². The minimum atomic E-state index is -0.513. The Morgan fingerprint density at radius 1 is 1.24 bits per heavy atom. The van der Waals surface area contributed by atoms with Gasteiger partial charge in [0.05, 0.1) is 0 Å².